The van der Waals surface area contributed by atoms with Crippen molar-refractivity contribution in [1.82, 2.24) is 9.58 Å². The van der Waals surface area contributed by atoms with Gasteiger partial charge in [0.05, 0.1) is 26.4 Å². The molecule has 2 atom stereocenters. The summed E-state index contributed by atoms with van der Waals surface area (Å²) in [6.45, 7) is -0.229. The largest absolute Gasteiger partial charge is 0.510 e. The quantitative estimate of drug-likeness (QED) is 0.194. The minimum absolute atomic E-state index is 0.0110. The van der Waals surface area contributed by atoms with Crippen LogP contribution < -0.4 is 15.2 Å². The Balaban J connectivity index is 1.42. The maximum Gasteiger partial charge on any atom is 0.510 e. The number of para-hydroxylation sites is 1. The average molecular weight is 642 g/mol. The molecule has 0 bridgehead atoms. The molecule has 8 rings (SSSR count). The van der Waals surface area contributed by atoms with Gasteiger partial charge in [-0.25, -0.2) is 13.6 Å². The minimum Gasteiger partial charge on any atom is -0.455 e. The van der Waals surface area contributed by atoms with Crippen LogP contribution in [-0.4, -0.2) is 61.5 Å². The van der Waals surface area contributed by atoms with Gasteiger partial charge in [0.25, 0.3) is 5.91 Å². The molecule has 1 fully saturated rings. The second-order valence-electron chi connectivity index (χ2n) is 11.1. The van der Waals surface area contributed by atoms with Gasteiger partial charge in [0.1, 0.15) is 17.5 Å². The van der Waals surface area contributed by atoms with Gasteiger partial charge in [-0.15, -0.1) is 0 Å². The number of benzene rings is 3. The van der Waals surface area contributed by atoms with Gasteiger partial charge in [0.15, 0.2) is 17.3 Å². The van der Waals surface area contributed by atoms with Crippen molar-refractivity contribution in [2.75, 3.05) is 38.7 Å². The number of halogens is 2. The lowest BCUT2D eigenvalue weighted by atomic mass is 9.91. The number of nitrogens with zero attached hydrogens (tertiary/aromatic N) is 3. The second-order valence-corrected chi connectivity index (χ2v) is 11.1. The first kappa shape index (κ1) is 28.8. The van der Waals surface area contributed by atoms with E-state index < -0.39 is 48.1 Å². The normalized spacial score (nSPS) is 18.0. The Kier molecular flexibility index (Phi) is 6.72. The molecule has 2 aliphatic heterocycles. The lowest BCUT2D eigenvalue weighted by Gasteiger charge is -2.51. The van der Waals surface area contributed by atoms with Crippen molar-refractivity contribution in [2.24, 2.45) is 0 Å². The van der Waals surface area contributed by atoms with Crippen LogP contribution in [0.25, 0.3) is 33.4 Å². The number of carbonyl (C=O) groups is 2. The van der Waals surface area contributed by atoms with E-state index in [1.807, 2.05) is 24.3 Å². The van der Waals surface area contributed by atoms with Crippen LogP contribution in [0.3, 0.4) is 0 Å². The Hall–Kier alpha value is -5.69. The van der Waals surface area contributed by atoms with Crippen LogP contribution in [0, 0.1) is 11.6 Å². The molecule has 5 aromatic rings. The van der Waals surface area contributed by atoms with Crippen molar-refractivity contribution in [3.8, 4) is 28.2 Å². The van der Waals surface area contributed by atoms with Gasteiger partial charge in [-0.2, -0.15) is 0 Å². The van der Waals surface area contributed by atoms with Crippen LogP contribution in [-0.2, 0) is 14.2 Å². The van der Waals surface area contributed by atoms with Crippen molar-refractivity contribution in [3.63, 3.8) is 0 Å². The van der Waals surface area contributed by atoms with E-state index in [1.165, 1.54) is 23.0 Å². The maximum absolute atomic E-state index is 16.3. The number of morpholine rings is 1. The first-order valence-electron chi connectivity index (χ1n) is 14.7. The Morgan fingerprint density at radius 3 is 2.64 bits per heavy atom. The van der Waals surface area contributed by atoms with Crippen LogP contribution in [0.15, 0.2) is 82.1 Å². The fourth-order valence-corrected chi connectivity index (χ4v) is 6.78. The van der Waals surface area contributed by atoms with E-state index in [9.17, 15) is 14.4 Å². The van der Waals surface area contributed by atoms with E-state index in [0.717, 1.165) is 13.2 Å². The van der Waals surface area contributed by atoms with Crippen molar-refractivity contribution >= 4 is 23.0 Å². The van der Waals surface area contributed by atoms with E-state index in [2.05, 4.69) is 4.74 Å². The Morgan fingerprint density at radius 2 is 1.79 bits per heavy atom. The van der Waals surface area contributed by atoms with Crippen molar-refractivity contribution < 1.29 is 41.7 Å². The van der Waals surface area contributed by atoms with Crippen LogP contribution in [0.1, 0.15) is 27.7 Å². The zero-order valence-corrected chi connectivity index (χ0v) is 24.8. The molecule has 0 spiro atoms. The fourth-order valence-electron chi connectivity index (χ4n) is 6.78. The lowest BCUT2D eigenvalue weighted by Crippen LogP contribution is -2.66. The third kappa shape index (κ3) is 4.30. The first-order valence-corrected chi connectivity index (χ1v) is 14.7. The summed E-state index contributed by atoms with van der Waals surface area (Å²) in [7, 11) is 1.12. The summed E-state index contributed by atoms with van der Waals surface area (Å²) in [5.41, 5.74) is 1.83. The smallest absolute Gasteiger partial charge is 0.455 e. The number of fused-ring (bicyclic) bond motifs is 9. The van der Waals surface area contributed by atoms with Gasteiger partial charge in [0.2, 0.25) is 18.0 Å². The average Bonchev–Trinajstić information content (AvgIpc) is 3.42. The van der Waals surface area contributed by atoms with Gasteiger partial charge in [-0.3, -0.25) is 19.3 Å². The highest BCUT2D eigenvalue weighted by atomic mass is 19.2. The SMILES string of the molecule is COC(=O)OCOc1c2n(ccc1=O)N(C1c3ccccc3-c3oc4ccccc4c3-c3c1ccc(F)c3F)C1COCCN1C2=O. The summed E-state index contributed by atoms with van der Waals surface area (Å²) < 4.78 is 60.1. The molecule has 1 aliphatic carbocycles. The van der Waals surface area contributed by atoms with Crippen molar-refractivity contribution in [3.05, 3.63) is 112 Å². The zero-order valence-electron chi connectivity index (χ0n) is 24.8. The predicted molar refractivity (Wildman–Crippen MR) is 162 cm³/mol. The van der Waals surface area contributed by atoms with Crippen molar-refractivity contribution in [1.29, 1.82) is 0 Å². The summed E-state index contributed by atoms with van der Waals surface area (Å²) in [5.74, 6) is -2.61. The fraction of sp³-hybridized carbons (Fsp3) is 0.206. The Bertz CT molecular complexity index is 2160. The minimum atomic E-state index is -1.05. The molecule has 47 heavy (non-hydrogen) atoms. The summed E-state index contributed by atoms with van der Waals surface area (Å²) >= 11 is 0. The highest BCUT2D eigenvalue weighted by Crippen LogP contribution is 2.52. The summed E-state index contributed by atoms with van der Waals surface area (Å²) in [6.07, 6.45) is -0.359. The molecule has 11 nitrogen and oxygen atoms in total. The molecule has 0 N–H and O–H groups in total. The van der Waals surface area contributed by atoms with Crippen LogP contribution in [0.5, 0.6) is 5.75 Å². The number of carbonyl (C=O) groups excluding carboxylic acids is 2. The van der Waals surface area contributed by atoms with E-state index in [0.29, 0.717) is 39.0 Å². The molecule has 3 aromatic carbocycles. The number of hydrogen-bond acceptors (Lipinski definition) is 9. The highest BCUT2D eigenvalue weighted by molar-refractivity contribution is 6.04. The summed E-state index contributed by atoms with van der Waals surface area (Å²) in [5, 5.41) is 2.40. The van der Waals surface area contributed by atoms with Gasteiger partial charge in [-0.05, 0) is 23.3 Å². The third-order valence-corrected chi connectivity index (χ3v) is 8.73. The molecule has 2 aromatic heterocycles. The lowest BCUT2D eigenvalue weighted by molar-refractivity contribution is -0.0208. The zero-order chi connectivity index (χ0) is 32.4. The number of rotatable bonds is 4. The van der Waals surface area contributed by atoms with Gasteiger partial charge >= 0.3 is 6.16 Å². The number of aromatic nitrogens is 1. The monoisotopic (exact) mass is 641 g/mol. The number of furan rings is 1. The molecular weight excluding hydrogens is 616 g/mol. The molecule has 13 heteroatoms. The first-order chi connectivity index (χ1) is 22.9. The number of amides is 1. The number of pyridine rings is 1. The molecule has 1 amide bonds. The van der Waals surface area contributed by atoms with Gasteiger partial charge < -0.3 is 28.3 Å². The van der Waals surface area contributed by atoms with E-state index in [1.54, 1.807) is 34.2 Å². The van der Waals surface area contributed by atoms with Gasteiger partial charge in [0, 0.05) is 40.9 Å². The van der Waals surface area contributed by atoms with Crippen molar-refractivity contribution in [2.45, 2.75) is 12.2 Å². The Labute approximate surface area is 265 Å². The standard InChI is InChI=1S/C34H25F2N3O8/c1-43-34(42)46-17-45-32-23(40)12-13-38-30(32)33(41)37-14-15-44-16-25(37)39(38)29-18-6-2-3-7-19(18)31-27(20-8-4-5-9-24(20)47-31)26-21(29)10-11-22(35)28(26)36/h2-13,25,29H,14-17H2,1H3. The summed E-state index contributed by atoms with van der Waals surface area (Å²) in [4.78, 5) is 40.4. The van der Waals surface area contributed by atoms with Crippen LogP contribution in [0.2, 0.25) is 0 Å². The molecule has 3 aliphatic rings. The van der Waals surface area contributed by atoms with E-state index in [4.69, 9.17) is 18.6 Å². The molecule has 0 saturated carbocycles. The topological polar surface area (TPSA) is 113 Å². The highest BCUT2D eigenvalue weighted by Gasteiger charge is 2.47. The molecule has 0 radical (unpaired) electrons. The number of ether oxygens (including phenoxy) is 4. The molecule has 2 unspecified atom stereocenters. The molecular formula is C34H25F2N3O8. The molecule has 1 saturated heterocycles. The molecule has 238 valence electrons. The predicted octanol–water partition coefficient (Wildman–Crippen LogP) is 5.18. The van der Waals surface area contributed by atoms with Crippen LogP contribution in [0.4, 0.5) is 13.6 Å². The maximum atomic E-state index is 16.3. The third-order valence-electron chi connectivity index (χ3n) is 8.73. The number of hydrogen-bond donors (Lipinski definition) is 0. The Morgan fingerprint density at radius 1 is 0.979 bits per heavy atom. The second kappa shape index (κ2) is 11.0. The van der Waals surface area contributed by atoms with Crippen LogP contribution >= 0.6 is 0 Å². The summed E-state index contributed by atoms with van der Waals surface area (Å²) in [6, 6.07) is 17.5. The van der Waals surface area contributed by atoms with E-state index >= 15 is 8.78 Å². The van der Waals surface area contributed by atoms with E-state index in [-0.39, 0.29) is 36.8 Å². The molecule has 4 heterocycles. The number of methoxy groups -OCH3 is 1. The van der Waals surface area contributed by atoms with Gasteiger partial charge in [-0.1, -0.05) is 48.5 Å².